The number of anilines is 1. The average molecular weight is 548 g/mol. The Morgan fingerprint density at radius 2 is 1.77 bits per heavy atom. The number of nitrogens with zero attached hydrogens (tertiary/aromatic N) is 3. The van der Waals surface area contributed by atoms with Crippen LogP contribution in [0.1, 0.15) is 70.4 Å². The molecule has 2 aromatic heterocycles. The summed E-state index contributed by atoms with van der Waals surface area (Å²) in [5, 5.41) is 10.3. The highest BCUT2D eigenvalue weighted by Crippen LogP contribution is 2.43. The first-order valence-corrected chi connectivity index (χ1v) is 13.7. The van der Waals surface area contributed by atoms with Crippen LogP contribution in [0.3, 0.4) is 0 Å². The lowest BCUT2D eigenvalue weighted by molar-refractivity contribution is -0.160. The molecule has 0 bridgehead atoms. The minimum absolute atomic E-state index is 0.228. The molecule has 8 nitrogen and oxygen atoms in total. The fraction of sp³-hybridized carbons (Fsp3) is 0.469. The maximum atomic E-state index is 12.6. The van der Waals surface area contributed by atoms with Crippen LogP contribution in [-0.2, 0) is 16.1 Å². The van der Waals surface area contributed by atoms with E-state index in [1.165, 1.54) is 0 Å². The Morgan fingerprint density at radius 3 is 2.38 bits per heavy atom. The van der Waals surface area contributed by atoms with Crippen LogP contribution < -0.4 is 14.4 Å². The summed E-state index contributed by atoms with van der Waals surface area (Å²) in [5.74, 6) is 0.351. The predicted octanol–water partition coefficient (Wildman–Crippen LogP) is 6.61. The summed E-state index contributed by atoms with van der Waals surface area (Å²) in [6, 6.07) is 11.5. The highest BCUT2D eigenvalue weighted by molar-refractivity contribution is 5.85. The normalized spacial score (nSPS) is 15.9. The van der Waals surface area contributed by atoms with Crippen LogP contribution in [0.15, 0.2) is 48.8 Å². The number of ether oxygens (including phenoxy) is 3. The van der Waals surface area contributed by atoms with Crippen LogP contribution in [0.2, 0.25) is 0 Å². The molecule has 0 amide bonds. The molecule has 214 valence electrons. The molecule has 1 atom stereocenters. The molecule has 1 aliphatic heterocycles. The summed E-state index contributed by atoms with van der Waals surface area (Å²) in [7, 11) is 1.64. The van der Waals surface area contributed by atoms with Crippen molar-refractivity contribution in [2.24, 2.45) is 5.41 Å². The van der Waals surface area contributed by atoms with Gasteiger partial charge in [-0.25, -0.2) is 4.79 Å². The van der Waals surface area contributed by atoms with Gasteiger partial charge in [0, 0.05) is 41.7 Å². The fourth-order valence-corrected chi connectivity index (χ4v) is 4.98. The second-order valence-corrected chi connectivity index (χ2v) is 12.1. The maximum Gasteiger partial charge on any atom is 0.337 e. The number of aromatic nitrogens is 2. The van der Waals surface area contributed by atoms with Gasteiger partial charge in [-0.05, 0) is 64.2 Å². The highest BCUT2D eigenvalue weighted by atomic mass is 16.5. The number of pyridine rings is 2. The van der Waals surface area contributed by atoms with E-state index in [-0.39, 0.29) is 5.41 Å². The first-order valence-electron chi connectivity index (χ1n) is 13.7. The first-order chi connectivity index (χ1) is 18.9. The third-order valence-corrected chi connectivity index (χ3v) is 7.28. The van der Waals surface area contributed by atoms with Crippen molar-refractivity contribution in [3.8, 4) is 22.8 Å². The molecule has 1 fully saturated rings. The van der Waals surface area contributed by atoms with Crippen LogP contribution in [0.5, 0.6) is 11.5 Å². The summed E-state index contributed by atoms with van der Waals surface area (Å²) in [4.78, 5) is 24.2. The van der Waals surface area contributed by atoms with Crippen LogP contribution in [-0.4, -0.2) is 46.8 Å². The number of carbonyl (C=O) groups is 1. The number of methoxy groups -OCH3 is 1. The zero-order chi connectivity index (χ0) is 29.1. The van der Waals surface area contributed by atoms with E-state index in [0.717, 1.165) is 48.5 Å². The van der Waals surface area contributed by atoms with Gasteiger partial charge in [-0.3, -0.25) is 9.97 Å². The number of aliphatic carboxylic acids is 1. The minimum atomic E-state index is -1.17. The number of benzene rings is 1. The van der Waals surface area contributed by atoms with Crippen molar-refractivity contribution in [2.45, 2.75) is 72.7 Å². The van der Waals surface area contributed by atoms with E-state index in [2.05, 4.69) is 23.7 Å². The topological polar surface area (TPSA) is 94.0 Å². The van der Waals surface area contributed by atoms with Crippen molar-refractivity contribution < 1.29 is 24.1 Å². The molecule has 3 heterocycles. The Morgan fingerprint density at radius 1 is 1.07 bits per heavy atom. The van der Waals surface area contributed by atoms with Crippen LogP contribution in [0, 0.1) is 12.3 Å². The monoisotopic (exact) mass is 547 g/mol. The van der Waals surface area contributed by atoms with Crippen LogP contribution >= 0.6 is 0 Å². The Labute approximate surface area is 237 Å². The van der Waals surface area contributed by atoms with Gasteiger partial charge in [-0.2, -0.15) is 0 Å². The quantitative estimate of drug-likeness (QED) is 0.320. The van der Waals surface area contributed by atoms with E-state index >= 15 is 0 Å². The lowest BCUT2D eigenvalue weighted by atomic mass is 9.82. The molecule has 1 N–H and O–H groups in total. The number of carboxylic acids is 1. The van der Waals surface area contributed by atoms with E-state index in [9.17, 15) is 9.90 Å². The highest BCUT2D eigenvalue weighted by Gasteiger charge is 2.36. The van der Waals surface area contributed by atoms with E-state index in [0.29, 0.717) is 29.3 Å². The van der Waals surface area contributed by atoms with E-state index < -0.39 is 17.7 Å². The van der Waals surface area contributed by atoms with Gasteiger partial charge in [0.1, 0.15) is 18.1 Å². The third-order valence-electron chi connectivity index (χ3n) is 7.28. The first kappa shape index (κ1) is 29.3. The standard InChI is InChI=1S/C32H41N3O5/c1-21-27(29(30(36)37)40-31(2,3)4)28(35-16-14-32(5,6)15-17-35)24(19-33-21)25-13-12-23(18-34-25)39-20-22-10-8-9-11-26(22)38-7/h8-13,18-19,29H,14-17,20H2,1-7H3,(H,36,37). The van der Waals surface area contributed by atoms with Crippen molar-refractivity contribution in [1.82, 2.24) is 9.97 Å². The molecule has 0 saturated carbocycles. The number of piperidine rings is 1. The molecule has 0 radical (unpaired) electrons. The van der Waals surface area contributed by atoms with Crippen molar-refractivity contribution in [1.29, 1.82) is 0 Å². The molecule has 1 unspecified atom stereocenters. The summed E-state index contributed by atoms with van der Waals surface area (Å²) < 4.78 is 17.5. The summed E-state index contributed by atoms with van der Waals surface area (Å²) in [5.41, 5.74) is 4.02. The Hall–Kier alpha value is -3.65. The van der Waals surface area contributed by atoms with E-state index in [4.69, 9.17) is 19.2 Å². The number of rotatable bonds is 9. The molecule has 0 aliphatic carbocycles. The fourth-order valence-electron chi connectivity index (χ4n) is 4.98. The van der Waals surface area contributed by atoms with Gasteiger partial charge in [0.25, 0.3) is 0 Å². The van der Waals surface area contributed by atoms with Crippen molar-refractivity contribution >= 4 is 11.7 Å². The summed E-state index contributed by atoms with van der Waals surface area (Å²) >= 11 is 0. The molecule has 4 rings (SSSR count). The van der Waals surface area contributed by atoms with Crippen LogP contribution in [0.25, 0.3) is 11.3 Å². The molecule has 1 aromatic carbocycles. The Bertz CT molecular complexity index is 1320. The smallest absolute Gasteiger partial charge is 0.337 e. The summed E-state index contributed by atoms with van der Waals surface area (Å²) in [6.07, 6.45) is 4.30. The number of hydrogen-bond acceptors (Lipinski definition) is 7. The number of carboxylic acid groups (broad SMARTS) is 1. The third kappa shape index (κ3) is 6.91. The zero-order valence-electron chi connectivity index (χ0n) is 24.7. The molecule has 3 aromatic rings. The zero-order valence-corrected chi connectivity index (χ0v) is 24.7. The second-order valence-electron chi connectivity index (χ2n) is 12.1. The largest absolute Gasteiger partial charge is 0.496 e. The number of para-hydroxylation sites is 1. The molecular formula is C32H41N3O5. The van der Waals surface area contributed by atoms with Gasteiger partial charge in [0.15, 0.2) is 6.10 Å². The number of aryl methyl sites for hydroxylation is 1. The Balaban J connectivity index is 1.73. The van der Waals surface area contributed by atoms with Gasteiger partial charge in [-0.15, -0.1) is 0 Å². The Kier molecular flexibility index (Phi) is 8.68. The second kappa shape index (κ2) is 11.8. The number of hydrogen-bond donors (Lipinski definition) is 1. The van der Waals surface area contributed by atoms with E-state index in [1.54, 1.807) is 19.5 Å². The van der Waals surface area contributed by atoms with Gasteiger partial charge in [-0.1, -0.05) is 32.0 Å². The molecule has 1 saturated heterocycles. The van der Waals surface area contributed by atoms with Gasteiger partial charge in [0.2, 0.25) is 0 Å². The van der Waals surface area contributed by atoms with Crippen LogP contribution in [0.4, 0.5) is 5.69 Å². The minimum Gasteiger partial charge on any atom is -0.496 e. The molecular weight excluding hydrogens is 506 g/mol. The van der Waals surface area contributed by atoms with Gasteiger partial charge in [0.05, 0.1) is 30.3 Å². The lowest BCUT2D eigenvalue weighted by Crippen LogP contribution is -2.39. The molecule has 40 heavy (non-hydrogen) atoms. The van der Waals surface area contributed by atoms with Gasteiger partial charge >= 0.3 is 5.97 Å². The summed E-state index contributed by atoms with van der Waals surface area (Å²) in [6.45, 7) is 14.0. The molecule has 1 aliphatic rings. The SMILES string of the molecule is COc1ccccc1COc1ccc(-c2cnc(C)c(C(OC(C)(C)C)C(=O)O)c2N2CCC(C)(C)CC2)nc1. The van der Waals surface area contributed by atoms with E-state index in [1.807, 2.05) is 64.1 Å². The molecule has 8 heteroatoms. The van der Waals surface area contributed by atoms with Crippen molar-refractivity contribution in [3.05, 3.63) is 65.6 Å². The van der Waals surface area contributed by atoms with Crippen molar-refractivity contribution in [3.63, 3.8) is 0 Å². The maximum absolute atomic E-state index is 12.6. The van der Waals surface area contributed by atoms with Crippen molar-refractivity contribution in [2.75, 3.05) is 25.1 Å². The molecule has 0 spiro atoms. The lowest BCUT2D eigenvalue weighted by Gasteiger charge is -2.40. The predicted molar refractivity (Wildman–Crippen MR) is 156 cm³/mol. The van der Waals surface area contributed by atoms with Gasteiger partial charge < -0.3 is 24.2 Å². The average Bonchev–Trinajstić information content (AvgIpc) is 2.90.